The number of hydrogen-bond acceptors (Lipinski definition) is 1. The van der Waals surface area contributed by atoms with Gasteiger partial charge in [-0.25, -0.2) is 0 Å². The molecular weight excluding hydrogens is 164 g/mol. The molecule has 0 amide bonds. The van der Waals surface area contributed by atoms with Gasteiger partial charge in [-0.15, -0.1) is 11.6 Å². The van der Waals surface area contributed by atoms with Crippen molar-refractivity contribution < 1.29 is 9.90 Å². The van der Waals surface area contributed by atoms with Crippen molar-refractivity contribution in [2.45, 2.75) is 30.6 Å². The molecule has 1 N–H and O–H groups in total. The van der Waals surface area contributed by atoms with Gasteiger partial charge in [-0.3, -0.25) is 4.79 Å². The van der Waals surface area contributed by atoms with E-state index in [0.717, 1.165) is 12.8 Å². The van der Waals surface area contributed by atoms with Crippen LogP contribution >= 0.6 is 11.6 Å². The summed E-state index contributed by atoms with van der Waals surface area (Å²) in [6.45, 7) is 0. The maximum absolute atomic E-state index is 10.8. The number of halogens is 1. The van der Waals surface area contributed by atoms with Crippen LogP contribution in [0.5, 0.6) is 0 Å². The third-order valence-corrected chi connectivity index (χ3v) is 3.75. The van der Waals surface area contributed by atoms with Gasteiger partial charge in [-0.05, 0) is 31.1 Å². The van der Waals surface area contributed by atoms with E-state index in [1.165, 1.54) is 6.42 Å². The molecule has 0 saturated heterocycles. The maximum Gasteiger partial charge on any atom is 0.325 e. The van der Waals surface area contributed by atoms with Crippen LogP contribution in [0.15, 0.2) is 0 Å². The summed E-state index contributed by atoms with van der Waals surface area (Å²) in [6, 6.07) is 0. The highest BCUT2D eigenvalue weighted by Crippen LogP contribution is 2.54. The van der Waals surface area contributed by atoms with E-state index < -0.39 is 10.8 Å². The molecule has 2 unspecified atom stereocenters. The van der Waals surface area contributed by atoms with Crippen molar-refractivity contribution in [3.8, 4) is 0 Å². The first-order valence-electron chi connectivity index (χ1n) is 4.05. The van der Waals surface area contributed by atoms with Gasteiger partial charge in [0.15, 0.2) is 0 Å². The second kappa shape index (κ2) is 2.13. The summed E-state index contributed by atoms with van der Waals surface area (Å²) >= 11 is 6.00. The standard InChI is InChI=1S/C8H11ClO2/c9-8(7(10)11)4-5-1-2-6(8)3-5/h5-6H,1-4H2,(H,10,11)/t5?,6?,8-/m0/s1. The van der Waals surface area contributed by atoms with E-state index >= 15 is 0 Å². The first kappa shape index (κ1) is 7.41. The first-order chi connectivity index (χ1) is 5.13. The lowest BCUT2D eigenvalue weighted by Crippen LogP contribution is -2.37. The van der Waals surface area contributed by atoms with E-state index in [1.54, 1.807) is 0 Å². The molecular formula is C8H11ClO2. The summed E-state index contributed by atoms with van der Waals surface area (Å²) in [5, 5.41) is 8.86. The largest absolute Gasteiger partial charge is 0.480 e. The molecule has 0 aromatic rings. The van der Waals surface area contributed by atoms with Crippen molar-refractivity contribution in [3.05, 3.63) is 0 Å². The van der Waals surface area contributed by atoms with Gasteiger partial charge in [0.2, 0.25) is 0 Å². The minimum atomic E-state index is -0.900. The van der Waals surface area contributed by atoms with Crippen LogP contribution in [0.2, 0.25) is 0 Å². The van der Waals surface area contributed by atoms with Crippen LogP contribution in [0.4, 0.5) is 0 Å². The number of rotatable bonds is 1. The van der Waals surface area contributed by atoms with E-state index in [0.29, 0.717) is 12.3 Å². The fraction of sp³-hybridized carbons (Fsp3) is 0.875. The van der Waals surface area contributed by atoms with Crippen LogP contribution in [0.1, 0.15) is 25.7 Å². The Labute approximate surface area is 70.5 Å². The molecule has 2 nitrogen and oxygen atoms in total. The third-order valence-electron chi connectivity index (χ3n) is 3.13. The van der Waals surface area contributed by atoms with Crippen molar-refractivity contribution in [2.75, 3.05) is 0 Å². The fourth-order valence-electron chi connectivity index (χ4n) is 2.52. The normalized spacial score (nSPS) is 48.1. The van der Waals surface area contributed by atoms with Crippen molar-refractivity contribution in [1.82, 2.24) is 0 Å². The highest BCUT2D eigenvalue weighted by molar-refractivity contribution is 6.34. The minimum absolute atomic E-state index is 0.242. The molecule has 0 aliphatic heterocycles. The SMILES string of the molecule is O=C(O)[C@]1(Cl)CC2CCC1C2. The van der Waals surface area contributed by atoms with Crippen LogP contribution in [-0.4, -0.2) is 16.0 Å². The Morgan fingerprint density at radius 2 is 2.27 bits per heavy atom. The van der Waals surface area contributed by atoms with Crippen molar-refractivity contribution >= 4 is 17.6 Å². The fourth-order valence-corrected chi connectivity index (χ4v) is 2.94. The van der Waals surface area contributed by atoms with Gasteiger partial charge in [0.1, 0.15) is 4.87 Å². The maximum atomic E-state index is 10.8. The predicted octanol–water partition coefficient (Wildman–Crippen LogP) is 1.87. The Bertz CT molecular complexity index is 204. The molecule has 62 valence electrons. The Kier molecular flexibility index (Phi) is 1.43. The van der Waals surface area contributed by atoms with Gasteiger partial charge in [0.25, 0.3) is 0 Å². The van der Waals surface area contributed by atoms with E-state index in [9.17, 15) is 4.79 Å². The summed E-state index contributed by atoms with van der Waals surface area (Å²) in [6.07, 6.45) is 3.93. The summed E-state index contributed by atoms with van der Waals surface area (Å²) < 4.78 is 0. The number of carbonyl (C=O) groups is 1. The second-order valence-electron chi connectivity index (χ2n) is 3.75. The third kappa shape index (κ3) is 0.886. The lowest BCUT2D eigenvalue weighted by molar-refractivity contribution is -0.141. The molecule has 0 radical (unpaired) electrons. The van der Waals surface area contributed by atoms with Gasteiger partial charge >= 0.3 is 5.97 Å². The molecule has 11 heavy (non-hydrogen) atoms. The highest BCUT2D eigenvalue weighted by Gasteiger charge is 2.54. The first-order valence-corrected chi connectivity index (χ1v) is 4.43. The van der Waals surface area contributed by atoms with Crippen molar-refractivity contribution in [1.29, 1.82) is 0 Å². The topological polar surface area (TPSA) is 37.3 Å². The van der Waals surface area contributed by atoms with E-state index in [4.69, 9.17) is 16.7 Å². The lowest BCUT2D eigenvalue weighted by atomic mass is 9.88. The van der Waals surface area contributed by atoms with E-state index in [1.807, 2.05) is 0 Å². The zero-order valence-corrected chi connectivity index (χ0v) is 6.97. The number of carboxylic acid groups (broad SMARTS) is 1. The summed E-state index contributed by atoms with van der Waals surface area (Å²) in [4.78, 5) is 9.88. The number of alkyl halides is 1. The van der Waals surface area contributed by atoms with Crippen LogP contribution in [0.3, 0.4) is 0 Å². The molecule has 2 fully saturated rings. The number of fused-ring (bicyclic) bond motifs is 2. The highest BCUT2D eigenvalue weighted by atomic mass is 35.5. The van der Waals surface area contributed by atoms with Crippen LogP contribution in [0.25, 0.3) is 0 Å². The van der Waals surface area contributed by atoms with Gasteiger partial charge in [0.05, 0.1) is 0 Å². The van der Waals surface area contributed by atoms with Crippen LogP contribution in [0, 0.1) is 11.8 Å². The van der Waals surface area contributed by atoms with Crippen molar-refractivity contribution in [2.24, 2.45) is 11.8 Å². The Morgan fingerprint density at radius 3 is 2.55 bits per heavy atom. The van der Waals surface area contributed by atoms with Crippen LogP contribution < -0.4 is 0 Å². The Morgan fingerprint density at radius 1 is 1.55 bits per heavy atom. The predicted molar refractivity (Wildman–Crippen MR) is 41.7 cm³/mol. The monoisotopic (exact) mass is 174 g/mol. The minimum Gasteiger partial charge on any atom is -0.480 e. The summed E-state index contributed by atoms with van der Waals surface area (Å²) in [7, 11) is 0. The zero-order chi connectivity index (χ0) is 8.06. The number of aliphatic carboxylic acids is 1. The number of carboxylic acids is 1. The smallest absolute Gasteiger partial charge is 0.325 e. The van der Waals surface area contributed by atoms with E-state index in [-0.39, 0.29) is 5.92 Å². The average molecular weight is 175 g/mol. The molecule has 2 bridgehead atoms. The molecule has 0 spiro atoms. The molecule has 2 saturated carbocycles. The number of hydrogen-bond donors (Lipinski definition) is 1. The molecule has 2 aliphatic carbocycles. The van der Waals surface area contributed by atoms with E-state index in [2.05, 4.69) is 0 Å². The summed E-state index contributed by atoms with van der Waals surface area (Å²) in [5.41, 5.74) is 0. The van der Waals surface area contributed by atoms with Crippen molar-refractivity contribution in [3.63, 3.8) is 0 Å². The van der Waals surface area contributed by atoms with Gasteiger partial charge < -0.3 is 5.11 Å². The molecule has 0 heterocycles. The quantitative estimate of drug-likeness (QED) is 0.617. The molecule has 2 rings (SSSR count). The molecule has 3 heteroatoms. The Hall–Kier alpha value is -0.240. The molecule has 2 aliphatic rings. The molecule has 0 aromatic heterocycles. The van der Waals surface area contributed by atoms with Gasteiger partial charge in [0, 0.05) is 0 Å². The lowest BCUT2D eigenvalue weighted by Gasteiger charge is -2.26. The summed E-state index contributed by atoms with van der Waals surface area (Å²) in [5.74, 6) is 0.0200. The average Bonchev–Trinajstić information content (AvgIpc) is 2.45. The van der Waals surface area contributed by atoms with Crippen LogP contribution in [-0.2, 0) is 4.79 Å². The van der Waals surface area contributed by atoms with Gasteiger partial charge in [-0.2, -0.15) is 0 Å². The second-order valence-corrected chi connectivity index (χ2v) is 4.42. The molecule has 0 aromatic carbocycles. The molecule has 3 atom stereocenters. The Balaban J connectivity index is 2.23. The van der Waals surface area contributed by atoms with Gasteiger partial charge in [-0.1, -0.05) is 6.42 Å². The zero-order valence-electron chi connectivity index (χ0n) is 6.22.